The highest BCUT2D eigenvalue weighted by Crippen LogP contribution is 2.21. The summed E-state index contributed by atoms with van der Waals surface area (Å²) < 4.78 is 36.1. The minimum absolute atomic E-state index is 0.236. The molecule has 4 nitrogen and oxygen atoms in total. The van der Waals surface area contributed by atoms with Crippen LogP contribution >= 0.6 is 0 Å². The van der Waals surface area contributed by atoms with Crippen LogP contribution in [-0.2, 0) is 0 Å². The fourth-order valence-electron chi connectivity index (χ4n) is 1.42. The molecule has 1 heterocycles. The van der Waals surface area contributed by atoms with Crippen LogP contribution < -0.4 is 5.32 Å². The molecule has 0 spiro atoms. The molecule has 1 rings (SSSR count). The number of hydrogen-bond acceptors (Lipinski definition) is 3. The Morgan fingerprint density at radius 2 is 2.06 bits per heavy atom. The van der Waals surface area contributed by atoms with Crippen LogP contribution in [0.2, 0.25) is 0 Å². The second-order valence-corrected chi connectivity index (χ2v) is 3.58. The predicted octanol–water partition coefficient (Wildman–Crippen LogP) is 2.37. The van der Waals surface area contributed by atoms with Crippen LogP contribution in [0.3, 0.4) is 0 Å². The van der Waals surface area contributed by atoms with Crippen molar-refractivity contribution in [2.24, 2.45) is 0 Å². The first-order chi connectivity index (χ1) is 7.70. The summed E-state index contributed by atoms with van der Waals surface area (Å²) in [5.41, 5.74) is 0.590. The van der Waals surface area contributed by atoms with Crippen LogP contribution in [0.25, 0.3) is 0 Å². The van der Waals surface area contributed by atoms with Crippen molar-refractivity contribution in [2.75, 3.05) is 11.9 Å². The first kappa shape index (κ1) is 13.3. The highest BCUT2D eigenvalue weighted by molar-refractivity contribution is 5.94. The molecular weight excluding hydrogens is 237 g/mol. The minimum atomic E-state index is -4.42. The van der Waals surface area contributed by atoms with Gasteiger partial charge in [0.2, 0.25) is 0 Å². The number of carbonyl (C=O) groups is 1. The molecule has 0 aliphatic rings. The average molecular weight is 248 g/mol. The number of hydrogen-bond donors (Lipinski definition) is 2. The van der Waals surface area contributed by atoms with E-state index in [1.165, 1.54) is 13.0 Å². The van der Waals surface area contributed by atoms with Crippen molar-refractivity contribution < 1.29 is 23.1 Å². The van der Waals surface area contributed by atoms with Gasteiger partial charge in [-0.25, -0.2) is 9.78 Å². The molecular formula is C10H11F3N2O2. The Hall–Kier alpha value is -1.79. The summed E-state index contributed by atoms with van der Waals surface area (Å²) in [4.78, 5) is 14.7. The van der Waals surface area contributed by atoms with Crippen molar-refractivity contribution in [1.29, 1.82) is 0 Å². The summed E-state index contributed by atoms with van der Waals surface area (Å²) in [6.07, 6.45) is -4.42. The second-order valence-electron chi connectivity index (χ2n) is 3.58. The molecule has 0 atom stereocenters. The highest BCUT2D eigenvalue weighted by Gasteiger charge is 2.28. The van der Waals surface area contributed by atoms with E-state index in [0.717, 1.165) is 0 Å². The van der Waals surface area contributed by atoms with Crippen LogP contribution in [0.1, 0.15) is 21.6 Å². The first-order valence-corrected chi connectivity index (χ1v) is 4.73. The van der Waals surface area contributed by atoms with Crippen LogP contribution in [0.4, 0.5) is 19.0 Å². The molecule has 0 bridgehead atoms. The van der Waals surface area contributed by atoms with E-state index >= 15 is 0 Å². The van der Waals surface area contributed by atoms with Gasteiger partial charge in [-0.3, -0.25) is 0 Å². The smallest absolute Gasteiger partial charge is 0.405 e. The fraction of sp³-hybridized carbons (Fsp3) is 0.400. The summed E-state index contributed by atoms with van der Waals surface area (Å²) in [5.74, 6) is -1.56. The van der Waals surface area contributed by atoms with E-state index < -0.39 is 18.7 Å². The third kappa shape index (κ3) is 3.61. The number of nitrogens with one attached hydrogen (secondary N) is 1. The van der Waals surface area contributed by atoms with Crippen LogP contribution in [-0.4, -0.2) is 28.8 Å². The number of aromatic carboxylic acids is 1. The van der Waals surface area contributed by atoms with Gasteiger partial charge in [-0.05, 0) is 25.5 Å². The van der Waals surface area contributed by atoms with Gasteiger partial charge in [0.15, 0.2) is 0 Å². The fourth-order valence-corrected chi connectivity index (χ4v) is 1.42. The van der Waals surface area contributed by atoms with Gasteiger partial charge in [-0.1, -0.05) is 0 Å². The zero-order valence-corrected chi connectivity index (χ0v) is 9.22. The molecule has 94 valence electrons. The van der Waals surface area contributed by atoms with Gasteiger partial charge < -0.3 is 10.4 Å². The standard InChI is InChI=1S/C10H11F3N2O2/c1-5-3-6(2)15-8(7(5)9(16)17)14-4-10(11,12)13/h3H,4H2,1-2H3,(H,14,15)(H,16,17). The average Bonchev–Trinajstić information content (AvgIpc) is 2.11. The molecule has 0 aromatic carbocycles. The summed E-state index contributed by atoms with van der Waals surface area (Å²) in [6, 6.07) is 1.50. The summed E-state index contributed by atoms with van der Waals surface area (Å²) in [6.45, 7) is 1.78. The molecule has 0 aliphatic heterocycles. The molecule has 0 aliphatic carbocycles. The maximum atomic E-state index is 12.0. The maximum Gasteiger partial charge on any atom is 0.405 e. The van der Waals surface area contributed by atoms with Crippen LogP contribution in [0, 0.1) is 13.8 Å². The Bertz CT molecular complexity index is 444. The molecule has 0 amide bonds. The van der Waals surface area contributed by atoms with Gasteiger partial charge in [-0.15, -0.1) is 0 Å². The van der Waals surface area contributed by atoms with Crippen molar-refractivity contribution in [3.05, 3.63) is 22.9 Å². The van der Waals surface area contributed by atoms with E-state index in [9.17, 15) is 18.0 Å². The molecule has 0 saturated carbocycles. The zero-order valence-electron chi connectivity index (χ0n) is 9.22. The Labute approximate surface area is 95.5 Å². The summed E-state index contributed by atoms with van der Waals surface area (Å²) >= 11 is 0. The number of pyridine rings is 1. The van der Waals surface area contributed by atoms with E-state index in [4.69, 9.17) is 5.11 Å². The summed E-state index contributed by atoms with van der Waals surface area (Å²) in [5, 5.41) is 10.9. The number of halogens is 3. The van der Waals surface area contributed by atoms with Crippen molar-refractivity contribution in [2.45, 2.75) is 20.0 Å². The monoisotopic (exact) mass is 248 g/mol. The molecule has 0 saturated heterocycles. The lowest BCUT2D eigenvalue weighted by atomic mass is 10.1. The second kappa shape index (κ2) is 4.60. The number of carboxylic acid groups (broad SMARTS) is 1. The van der Waals surface area contributed by atoms with Gasteiger partial charge in [0, 0.05) is 5.69 Å². The number of anilines is 1. The van der Waals surface area contributed by atoms with E-state index in [-0.39, 0.29) is 11.4 Å². The van der Waals surface area contributed by atoms with E-state index in [1.807, 2.05) is 5.32 Å². The van der Waals surface area contributed by atoms with Crippen LogP contribution in [0.15, 0.2) is 6.07 Å². The zero-order chi connectivity index (χ0) is 13.2. The number of nitrogens with zero attached hydrogens (tertiary/aromatic N) is 1. The molecule has 1 aromatic heterocycles. The third-order valence-electron chi connectivity index (χ3n) is 2.01. The molecule has 0 unspecified atom stereocenters. The Morgan fingerprint density at radius 3 is 2.53 bits per heavy atom. The minimum Gasteiger partial charge on any atom is -0.478 e. The lowest BCUT2D eigenvalue weighted by Crippen LogP contribution is -2.23. The molecule has 17 heavy (non-hydrogen) atoms. The normalized spacial score (nSPS) is 11.4. The van der Waals surface area contributed by atoms with Crippen molar-refractivity contribution >= 4 is 11.8 Å². The maximum absolute atomic E-state index is 12.0. The molecule has 2 N–H and O–H groups in total. The molecule has 0 radical (unpaired) electrons. The van der Waals surface area contributed by atoms with Gasteiger partial charge in [0.1, 0.15) is 17.9 Å². The number of alkyl halides is 3. The number of aryl methyl sites for hydroxylation is 2. The quantitative estimate of drug-likeness (QED) is 0.862. The Kier molecular flexibility index (Phi) is 3.59. The third-order valence-corrected chi connectivity index (χ3v) is 2.01. The van der Waals surface area contributed by atoms with E-state index in [0.29, 0.717) is 11.3 Å². The highest BCUT2D eigenvalue weighted by atomic mass is 19.4. The Balaban J connectivity index is 3.09. The van der Waals surface area contributed by atoms with E-state index in [2.05, 4.69) is 4.98 Å². The topological polar surface area (TPSA) is 62.2 Å². The largest absolute Gasteiger partial charge is 0.478 e. The van der Waals surface area contributed by atoms with Crippen molar-refractivity contribution in [3.63, 3.8) is 0 Å². The number of rotatable bonds is 3. The van der Waals surface area contributed by atoms with Crippen LogP contribution in [0.5, 0.6) is 0 Å². The van der Waals surface area contributed by atoms with Crippen molar-refractivity contribution in [3.8, 4) is 0 Å². The molecule has 0 fully saturated rings. The van der Waals surface area contributed by atoms with Gasteiger partial charge in [-0.2, -0.15) is 13.2 Å². The number of carboxylic acids is 1. The molecule has 1 aromatic rings. The SMILES string of the molecule is Cc1cc(C)c(C(=O)O)c(NCC(F)(F)F)n1. The predicted molar refractivity (Wildman–Crippen MR) is 55.2 cm³/mol. The van der Waals surface area contributed by atoms with E-state index in [1.54, 1.807) is 6.92 Å². The summed E-state index contributed by atoms with van der Waals surface area (Å²) in [7, 11) is 0. The van der Waals surface area contributed by atoms with Gasteiger partial charge in [0.25, 0.3) is 0 Å². The van der Waals surface area contributed by atoms with Gasteiger partial charge in [0.05, 0.1) is 0 Å². The Morgan fingerprint density at radius 1 is 1.47 bits per heavy atom. The molecule has 7 heteroatoms. The van der Waals surface area contributed by atoms with Crippen molar-refractivity contribution in [1.82, 2.24) is 4.98 Å². The number of aromatic nitrogens is 1. The first-order valence-electron chi connectivity index (χ1n) is 4.73. The van der Waals surface area contributed by atoms with Gasteiger partial charge >= 0.3 is 12.1 Å². The lowest BCUT2D eigenvalue weighted by Gasteiger charge is -2.13. The lowest BCUT2D eigenvalue weighted by molar-refractivity contribution is -0.115.